The van der Waals surface area contributed by atoms with Crippen molar-refractivity contribution in [1.29, 1.82) is 0 Å². The monoisotopic (exact) mass is 340 g/mol. The number of hydrogen-bond donors (Lipinski definition) is 2. The lowest BCUT2D eigenvalue weighted by atomic mass is 10.1. The van der Waals surface area contributed by atoms with Crippen molar-refractivity contribution >= 4 is 32.7 Å². The van der Waals surface area contributed by atoms with Gasteiger partial charge in [-0.2, -0.15) is 0 Å². The van der Waals surface area contributed by atoms with Crippen molar-refractivity contribution in [3.63, 3.8) is 0 Å². The Balaban J connectivity index is 2.43. The van der Waals surface area contributed by atoms with Gasteiger partial charge < -0.3 is 14.5 Å². The molecule has 0 saturated carbocycles. The Hall–Kier alpha value is -2.06. The zero-order valence-electron chi connectivity index (χ0n) is 13.3. The molecular formula is C15H20N2O5S. The molecule has 0 fully saturated rings. The summed E-state index contributed by atoms with van der Waals surface area (Å²) >= 11 is 0. The second kappa shape index (κ2) is 7.01. The van der Waals surface area contributed by atoms with Crippen LogP contribution in [0.2, 0.25) is 0 Å². The summed E-state index contributed by atoms with van der Waals surface area (Å²) in [6.45, 7) is 3.54. The minimum atomic E-state index is -3.68. The van der Waals surface area contributed by atoms with Gasteiger partial charge in [0.2, 0.25) is 10.0 Å². The van der Waals surface area contributed by atoms with E-state index in [9.17, 15) is 13.2 Å². The number of rotatable bonds is 7. The number of anilines is 1. The first-order valence-electron chi connectivity index (χ1n) is 7.19. The fourth-order valence-corrected chi connectivity index (χ4v) is 3.51. The molecule has 1 aromatic carbocycles. The summed E-state index contributed by atoms with van der Waals surface area (Å²) in [5.41, 5.74) is 0.823. The van der Waals surface area contributed by atoms with Gasteiger partial charge >= 0.3 is 5.97 Å². The topological polar surface area (TPSA) is 97.5 Å². The van der Waals surface area contributed by atoms with Crippen LogP contribution in [0.3, 0.4) is 0 Å². The van der Waals surface area contributed by atoms with Crippen molar-refractivity contribution in [3.05, 3.63) is 29.8 Å². The average molecular weight is 340 g/mol. The van der Waals surface area contributed by atoms with Crippen LogP contribution in [0.4, 0.5) is 5.82 Å². The molecule has 0 aliphatic carbocycles. The number of hydrogen-bond acceptors (Lipinski definition) is 5. The van der Waals surface area contributed by atoms with E-state index in [2.05, 4.69) is 9.71 Å². The van der Waals surface area contributed by atoms with Gasteiger partial charge in [-0.3, -0.25) is 4.72 Å². The van der Waals surface area contributed by atoms with Gasteiger partial charge in [-0.05, 0) is 19.9 Å². The normalized spacial score (nSPS) is 13.0. The van der Waals surface area contributed by atoms with E-state index >= 15 is 0 Å². The number of fused-ring (bicyclic) bond motifs is 1. The van der Waals surface area contributed by atoms with Crippen LogP contribution in [0, 0.1) is 0 Å². The molecule has 0 saturated heterocycles. The van der Waals surface area contributed by atoms with E-state index in [1.54, 1.807) is 38.1 Å². The first kappa shape index (κ1) is 17.3. The van der Waals surface area contributed by atoms with Crippen LogP contribution in [0.1, 0.15) is 24.2 Å². The maximum Gasteiger partial charge on any atom is 0.342 e. The average Bonchev–Trinajstić information content (AvgIpc) is 2.83. The maximum absolute atomic E-state index is 12.2. The molecule has 2 aromatic rings. The molecule has 2 rings (SSSR count). The highest BCUT2D eigenvalue weighted by atomic mass is 32.2. The van der Waals surface area contributed by atoms with E-state index in [4.69, 9.17) is 9.47 Å². The minimum absolute atomic E-state index is 0.105. The summed E-state index contributed by atoms with van der Waals surface area (Å²) in [4.78, 5) is 15.1. The molecule has 1 unspecified atom stereocenters. The van der Waals surface area contributed by atoms with E-state index < -0.39 is 22.1 Å². The standard InChI is InChI=1S/C15H20N2O5S/c1-4-22-15(18)13-11-7-5-6-8-12(11)16-14(13)17-23(19,20)9-10(2)21-3/h5-8,10,16-17H,4,9H2,1-3H3. The fourth-order valence-electron chi connectivity index (χ4n) is 2.21. The van der Waals surface area contributed by atoms with Crippen molar-refractivity contribution in [3.8, 4) is 0 Å². The molecule has 1 aromatic heterocycles. The van der Waals surface area contributed by atoms with Crippen LogP contribution in [0.5, 0.6) is 0 Å². The molecule has 1 heterocycles. The van der Waals surface area contributed by atoms with E-state index in [1.807, 2.05) is 0 Å². The second-order valence-corrected chi connectivity index (χ2v) is 6.84. The Morgan fingerprint density at radius 1 is 1.35 bits per heavy atom. The molecule has 0 bridgehead atoms. The minimum Gasteiger partial charge on any atom is -0.462 e. The molecule has 0 aliphatic rings. The molecule has 8 heteroatoms. The number of carbonyl (C=O) groups is 1. The number of aromatic amines is 1. The molecular weight excluding hydrogens is 320 g/mol. The number of ether oxygens (including phenoxy) is 2. The van der Waals surface area contributed by atoms with Crippen LogP contribution < -0.4 is 4.72 Å². The van der Waals surface area contributed by atoms with E-state index in [0.717, 1.165) is 0 Å². The molecule has 2 N–H and O–H groups in total. The van der Waals surface area contributed by atoms with Crippen LogP contribution in [0.25, 0.3) is 10.9 Å². The van der Waals surface area contributed by atoms with Crippen molar-refractivity contribution in [2.45, 2.75) is 20.0 Å². The lowest BCUT2D eigenvalue weighted by molar-refractivity contribution is 0.0530. The largest absolute Gasteiger partial charge is 0.462 e. The first-order chi connectivity index (χ1) is 10.9. The van der Waals surface area contributed by atoms with Crippen LogP contribution in [0.15, 0.2) is 24.3 Å². The summed E-state index contributed by atoms with van der Waals surface area (Å²) in [5, 5.41) is 0.600. The zero-order valence-corrected chi connectivity index (χ0v) is 14.1. The van der Waals surface area contributed by atoms with Crippen molar-refractivity contribution in [1.82, 2.24) is 4.98 Å². The number of para-hydroxylation sites is 1. The van der Waals surface area contributed by atoms with Gasteiger partial charge in [0.25, 0.3) is 0 Å². The Kier molecular flexibility index (Phi) is 5.27. The number of carbonyl (C=O) groups excluding carboxylic acids is 1. The predicted molar refractivity (Wildman–Crippen MR) is 88.1 cm³/mol. The SMILES string of the molecule is CCOC(=O)c1c(NS(=O)(=O)CC(C)OC)[nH]c2ccccc12. The number of esters is 1. The second-order valence-electron chi connectivity index (χ2n) is 5.07. The predicted octanol–water partition coefficient (Wildman–Crippen LogP) is 2.12. The number of sulfonamides is 1. The Labute approximate surface area is 135 Å². The summed E-state index contributed by atoms with van der Waals surface area (Å²) in [7, 11) is -2.24. The van der Waals surface area contributed by atoms with E-state index in [0.29, 0.717) is 10.9 Å². The summed E-state index contributed by atoms with van der Waals surface area (Å²) in [6.07, 6.45) is -0.470. The quantitative estimate of drug-likeness (QED) is 0.753. The number of nitrogens with one attached hydrogen (secondary N) is 2. The smallest absolute Gasteiger partial charge is 0.342 e. The van der Waals surface area contributed by atoms with Gasteiger partial charge in [-0.1, -0.05) is 18.2 Å². The van der Waals surface area contributed by atoms with Crippen LogP contribution in [-0.2, 0) is 19.5 Å². The summed E-state index contributed by atoms with van der Waals surface area (Å²) < 4.78 is 36.9. The maximum atomic E-state index is 12.2. The number of H-pyrrole nitrogens is 1. The van der Waals surface area contributed by atoms with Crippen LogP contribution in [-0.4, -0.2) is 44.9 Å². The molecule has 1 atom stereocenters. The third kappa shape index (κ3) is 4.02. The van der Waals surface area contributed by atoms with Crippen molar-refractivity contribution < 1.29 is 22.7 Å². The highest BCUT2D eigenvalue weighted by Gasteiger charge is 2.24. The van der Waals surface area contributed by atoms with Gasteiger partial charge in [-0.15, -0.1) is 0 Å². The highest BCUT2D eigenvalue weighted by molar-refractivity contribution is 7.92. The van der Waals surface area contributed by atoms with Gasteiger partial charge in [0.15, 0.2) is 0 Å². The summed E-state index contributed by atoms with van der Waals surface area (Å²) in [6, 6.07) is 7.05. The number of benzene rings is 1. The molecule has 0 spiro atoms. The molecule has 7 nitrogen and oxygen atoms in total. The molecule has 0 amide bonds. The molecule has 126 valence electrons. The third-order valence-electron chi connectivity index (χ3n) is 3.30. The Bertz CT molecular complexity index is 797. The number of aromatic nitrogens is 1. The molecule has 0 radical (unpaired) electrons. The van der Waals surface area contributed by atoms with Crippen LogP contribution >= 0.6 is 0 Å². The fraction of sp³-hybridized carbons (Fsp3) is 0.400. The molecule has 23 heavy (non-hydrogen) atoms. The lowest BCUT2D eigenvalue weighted by Gasteiger charge is -2.12. The summed E-state index contributed by atoms with van der Waals surface area (Å²) in [5.74, 6) is -0.698. The Morgan fingerprint density at radius 2 is 2.04 bits per heavy atom. The highest BCUT2D eigenvalue weighted by Crippen LogP contribution is 2.27. The van der Waals surface area contributed by atoms with Crippen molar-refractivity contribution in [2.24, 2.45) is 0 Å². The number of methoxy groups -OCH3 is 1. The molecule has 0 aliphatic heterocycles. The Morgan fingerprint density at radius 3 is 2.70 bits per heavy atom. The van der Waals surface area contributed by atoms with E-state index in [-0.39, 0.29) is 23.7 Å². The van der Waals surface area contributed by atoms with Gasteiger partial charge in [0.1, 0.15) is 11.4 Å². The first-order valence-corrected chi connectivity index (χ1v) is 8.84. The lowest BCUT2D eigenvalue weighted by Crippen LogP contribution is -2.26. The third-order valence-corrected chi connectivity index (χ3v) is 4.72. The van der Waals surface area contributed by atoms with E-state index in [1.165, 1.54) is 7.11 Å². The zero-order chi connectivity index (χ0) is 17.0. The van der Waals surface area contributed by atoms with Gasteiger partial charge in [-0.25, -0.2) is 13.2 Å². The van der Waals surface area contributed by atoms with Gasteiger partial charge in [0, 0.05) is 18.0 Å². The van der Waals surface area contributed by atoms with Gasteiger partial charge in [0.05, 0.1) is 18.5 Å². The van der Waals surface area contributed by atoms with Crippen molar-refractivity contribution in [2.75, 3.05) is 24.2 Å².